The molecule has 0 saturated heterocycles. The Balaban J connectivity index is 2.06. The summed E-state index contributed by atoms with van der Waals surface area (Å²) >= 11 is 0. The molecule has 0 aromatic heterocycles. The molecular weight excluding hydrogens is 248 g/mol. The Hall–Kier alpha value is -2.03. The molecule has 1 aromatic carbocycles. The molecule has 2 heterocycles. The van der Waals surface area contributed by atoms with E-state index in [1.807, 2.05) is 23.1 Å². The number of carbonyl (C=O) groups is 1. The van der Waals surface area contributed by atoms with Gasteiger partial charge in [-0.1, -0.05) is 37.6 Å². The van der Waals surface area contributed by atoms with Gasteiger partial charge in [0.25, 0.3) is 0 Å². The maximum atomic E-state index is 12.5. The van der Waals surface area contributed by atoms with Crippen LogP contribution in [0.4, 0.5) is 10.5 Å². The van der Waals surface area contributed by atoms with E-state index in [9.17, 15) is 4.79 Å². The van der Waals surface area contributed by atoms with Crippen molar-refractivity contribution in [1.29, 1.82) is 0 Å². The average Bonchev–Trinajstić information content (AvgIpc) is 2.42. The van der Waals surface area contributed by atoms with E-state index in [1.165, 1.54) is 5.56 Å². The van der Waals surface area contributed by atoms with Crippen LogP contribution in [0.2, 0.25) is 0 Å². The van der Waals surface area contributed by atoms with Crippen molar-refractivity contribution in [1.82, 2.24) is 5.32 Å². The quantitative estimate of drug-likeness (QED) is 0.859. The molecule has 3 heteroatoms. The second-order valence-electron chi connectivity index (χ2n) is 5.34. The third-order valence-electron chi connectivity index (χ3n) is 3.81. The SMILES string of the molecule is CCCC1=CC2=CCCCc3ccccc3N2C(=O)N1. The summed E-state index contributed by atoms with van der Waals surface area (Å²) in [6, 6.07) is 8.17. The van der Waals surface area contributed by atoms with Gasteiger partial charge in [0.2, 0.25) is 0 Å². The first-order valence-electron chi connectivity index (χ1n) is 7.39. The highest BCUT2D eigenvalue weighted by Crippen LogP contribution is 2.31. The van der Waals surface area contributed by atoms with Crippen LogP contribution in [-0.4, -0.2) is 6.03 Å². The Morgan fingerprint density at radius 3 is 3.00 bits per heavy atom. The third-order valence-corrected chi connectivity index (χ3v) is 3.81. The molecule has 0 radical (unpaired) electrons. The van der Waals surface area contributed by atoms with Crippen LogP contribution < -0.4 is 10.2 Å². The smallest absolute Gasteiger partial charge is 0.311 e. The lowest BCUT2D eigenvalue weighted by Crippen LogP contribution is -2.43. The molecule has 1 aromatic rings. The fourth-order valence-corrected chi connectivity index (χ4v) is 2.88. The Kier molecular flexibility index (Phi) is 3.59. The molecule has 2 amide bonds. The van der Waals surface area contributed by atoms with E-state index in [0.717, 1.165) is 49.2 Å². The highest BCUT2D eigenvalue weighted by molar-refractivity contribution is 5.99. The van der Waals surface area contributed by atoms with E-state index in [0.29, 0.717) is 0 Å². The summed E-state index contributed by atoms with van der Waals surface area (Å²) in [5, 5.41) is 3.01. The van der Waals surface area contributed by atoms with Gasteiger partial charge in [-0.15, -0.1) is 0 Å². The van der Waals surface area contributed by atoms with Crippen LogP contribution in [-0.2, 0) is 6.42 Å². The molecule has 0 spiro atoms. The zero-order chi connectivity index (χ0) is 13.9. The number of nitrogens with zero attached hydrogens (tertiary/aromatic N) is 1. The molecule has 0 saturated carbocycles. The van der Waals surface area contributed by atoms with Gasteiger partial charge in [0.15, 0.2) is 0 Å². The van der Waals surface area contributed by atoms with Crippen LogP contribution in [0.5, 0.6) is 0 Å². The number of anilines is 1. The topological polar surface area (TPSA) is 32.3 Å². The molecule has 20 heavy (non-hydrogen) atoms. The highest BCUT2D eigenvalue weighted by Gasteiger charge is 2.26. The number of urea groups is 1. The van der Waals surface area contributed by atoms with Gasteiger partial charge in [-0.25, -0.2) is 4.79 Å². The van der Waals surface area contributed by atoms with E-state index in [4.69, 9.17) is 0 Å². The van der Waals surface area contributed by atoms with Crippen molar-refractivity contribution in [2.24, 2.45) is 0 Å². The average molecular weight is 268 g/mol. The van der Waals surface area contributed by atoms with Gasteiger partial charge in [0.1, 0.15) is 0 Å². The van der Waals surface area contributed by atoms with Gasteiger partial charge in [0, 0.05) is 11.4 Å². The molecule has 0 fully saturated rings. The van der Waals surface area contributed by atoms with Crippen LogP contribution >= 0.6 is 0 Å². The Bertz CT molecular complexity index is 586. The van der Waals surface area contributed by atoms with Crippen molar-refractivity contribution < 1.29 is 4.79 Å². The first kappa shape index (κ1) is 13.0. The number of rotatable bonds is 2. The zero-order valence-electron chi connectivity index (χ0n) is 11.9. The van der Waals surface area contributed by atoms with Crippen LogP contribution in [0.15, 0.2) is 47.8 Å². The second kappa shape index (κ2) is 5.53. The number of allylic oxidation sites excluding steroid dienone is 3. The molecule has 2 aliphatic heterocycles. The Morgan fingerprint density at radius 1 is 1.30 bits per heavy atom. The van der Waals surface area contributed by atoms with Gasteiger partial charge < -0.3 is 5.32 Å². The maximum absolute atomic E-state index is 12.5. The summed E-state index contributed by atoms with van der Waals surface area (Å²) in [5.41, 5.74) is 4.31. The third kappa shape index (κ3) is 2.36. The summed E-state index contributed by atoms with van der Waals surface area (Å²) < 4.78 is 0. The fourth-order valence-electron chi connectivity index (χ4n) is 2.88. The molecule has 1 N–H and O–H groups in total. The molecule has 3 nitrogen and oxygen atoms in total. The van der Waals surface area contributed by atoms with E-state index in [-0.39, 0.29) is 6.03 Å². The number of amides is 2. The van der Waals surface area contributed by atoms with Gasteiger partial charge >= 0.3 is 6.03 Å². The van der Waals surface area contributed by atoms with Gasteiger partial charge in [0.05, 0.1) is 5.69 Å². The van der Waals surface area contributed by atoms with Crippen LogP contribution in [0.1, 0.15) is 38.2 Å². The van der Waals surface area contributed by atoms with Crippen molar-refractivity contribution >= 4 is 11.7 Å². The summed E-state index contributed by atoms with van der Waals surface area (Å²) in [6.45, 7) is 2.13. The number of aryl methyl sites for hydroxylation is 1. The number of nitrogens with one attached hydrogen (secondary N) is 1. The van der Waals surface area contributed by atoms with Gasteiger partial charge in [-0.3, -0.25) is 4.90 Å². The zero-order valence-corrected chi connectivity index (χ0v) is 11.9. The molecule has 2 aliphatic rings. The fraction of sp³-hybridized carbons (Fsp3) is 0.353. The van der Waals surface area contributed by atoms with Gasteiger partial charge in [-0.05, 0) is 43.4 Å². The van der Waals surface area contributed by atoms with E-state index >= 15 is 0 Å². The number of carbonyl (C=O) groups excluding carboxylic acids is 1. The maximum Gasteiger partial charge on any atom is 0.330 e. The Labute approximate surface area is 120 Å². The molecule has 0 bridgehead atoms. The highest BCUT2D eigenvalue weighted by atomic mass is 16.2. The summed E-state index contributed by atoms with van der Waals surface area (Å²) in [6.07, 6.45) is 9.43. The number of para-hydroxylation sites is 1. The largest absolute Gasteiger partial charge is 0.330 e. The predicted molar refractivity (Wildman–Crippen MR) is 81.5 cm³/mol. The van der Waals surface area contributed by atoms with Crippen molar-refractivity contribution in [2.75, 3.05) is 4.90 Å². The molecule has 0 aliphatic carbocycles. The molecule has 0 atom stereocenters. The number of benzene rings is 1. The summed E-state index contributed by atoms with van der Waals surface area (Å²) in [7, 11) is 0. The first-order valence-corrected chi connectivity index (χ1v) is 7.39. The number of hydrogen-bond acceptors (Lipinski definition) is 1. The van der Waals surface area contributed by atoms with Crippen molar-refractivity contribution in [3.05, 3.63) is 53.4 Å². The van der Waals surface area contributed by atoms with Crippen molar-refractivity contribution in [3.63, 3.8) is 0 Å². The van der Waals surface area contributed by atoms with Crippen molar-refractivity contribution in [2.45, 2.75) is 39.0 Å². The molecule has 0 unspecified atom stereocenters. The number of fused-ring (bicyclic) bond motifs is 3. The summed E-state index contributed by atoms with van der Waals surface area (Å²) in [5.74, 6) is 0. The molecular formula is C17H20N2O. The van der Waals surface area contributed by atoms with E-state index in [1.54, 1.807) is 0 Å². The Morgan fingerprint density at radius 2 is 2.15 bits per heavy atom. The van der Waals surface area contributed by atoms with E-state index in [2.05, 4.69) is 30.5 Å². The molecule has 3 rings (SSSR count). The molecule has 104 valence electrons. The van der Waals surface area contributed by atoms with Gasteiger partial charge in [-0.2, -0.15) is 0 Å². The lowest BCUT2D eigenvalue weighted by molar-refractivity contribution is 0.249. The minimum absolute atomic E-state index is 0.0310. The lowest BCUT2D eigenvalue weighted by Gasteiger charge is -2.32. The van der Waals surface area contributed by atoms with E-state index < -0.39 is 0 Å². The van der Waals surface area contributed by atoms with Crippen LogP contribution in [0.25, 0.3) is 0 Å². The van der Waals surface area contributed by atoms with Crippen LogP contribution in [0.3, 0.4) is 0 Å². The standard InChI is InChI=1S/C17H20N2O/c1-2-7-14-12-15-10-5-3-8-13-9-4-6-11-16(13)19(15)17(20)18-14/h4,6,9-12H,2-3,5,7-8H2,1H3,(H,18,20). The first-order chi connectivity index (χ1) is 9.79. The predicted octanol–water partition coefficient (Wildman–Crippen LogP) is 4.12. The lowest BCUT2D eigenvalue weighted by atomic mass is 10.0. The minimum atomic E-state index is -0.0310. The van der Waals surface area contributed by atoms with Crippen molar-refractivity contribution in [3.8, 4) is 0 Å². The van der Waals surface area contributed by atoms with Crippen LogP contribution in [0, 0.1) is 0 Å². The minimum Gasteiger partial charge on any atom is -0.311 e. The normalized spacial score (nSPS) is 18.1. The number of hydrogen-bond donors (Lipinski definition) is 1. The second-order valence-corrected chi connectivity index (χ2v) is 5.34. The monoisotopic (exact) mass is 268 g/mol. The summed E-state index contributed by atoms with van der Waals surface area (Å²) in [4.78, 5) is 14.3.